The zero-order valence-electron chi connectivity index (χ0n) is 10.6. The standard InChI is InChI=1S/C12H9F3N2O4/c1-4-11(20)16-7(18)3-17(4)12(21)5-2-6(13)9(15)10(19)8(5)14/h2,4,19H,3H2,1H3,(H,16,18,20). The van der Waals surface area contributed by atoms with E-state index in [1.807, 2.05) is 5.32 Å². The van der Waals surface area contributed by atoms with Gasteiger partial charge in [0, 0.05) is 0 Å². The molecule has 1 aliphatic heterocycles. The fraction of sp³-hybridized carbons (Fsp3) is 0.250. The summed E-state index contributed by atoms with van der Waals surface area (Å²) in [7, 11) is 0. The maximum atomic E-state index is 13.7. The van der Waals surface area contributed by atoms with Gasteiger partial charge in [-0.1, -0.05) is 0 Å². The molecule has 0 bridgehead atoms. The highest BCUT2D eigenvalue weighted by molar-refractivity contribution is 6.07. The van der Waals surface area contributed by atoms with Crippen molar-refractivity contribution in [1.82, 2.24) is 10.2 Å². The maximum absolute atomic E-state index is 13.7. The first kappa shape index (κ1) is 14.8. The van der Waals surface area contributed by atoms with Crippen molar-refractivity contribution in [3.8, 4) is 5.75 Å². The summed E-state index contributed by atoms with van der Waals surface area (Å²) in [4.78, 5) is 35.4. The molecule has 1 saturated heterocycles. The van der Waals surface area contributed by atoms with Gasteiger partial charge in [-0.3, -0.25) is 19.7 Å². The van der Waals surface area contributed by atoms with Crippen molar-refractivity contribution in [3.63, 3.8) is 0 Å². The van der Waals surface area contributed by atoms with Crippen LogP contribution in [0.5, 0.6) is 5.75 Å². The molecule has 1 atom stereocenters. The number of phenolic OH excluding ortho intramolecular Hbond substituents is 1. The van der Waals surface area contributed by atoms with Crippen LogP contribution in [0.15, 0.2) is 6.07 Å². The Balaban J connectivity index is 2.45. The van der Waals surface area contributed by atoms with Gasteiger partial charge in [0.05, 0.1) is 5.56 Å². The number of hydrogen-bond donors (Lipinski definition) is 2. The van der Waals surface area contributed by atoms with Crippen LogP contribution in [0.25, 0.3) is 0 Å². The van der Waals surface area contributed by atoms with Crippen molar-refractivity contribution >= 4 is 17.7 Å². The summed E-state index contributed by atoms with van der Waals surface area (Å²) < 4.78 is 39.8. The van der Waals surface area contributed by atoms with Crippen LogP contribution in [0.3, 0.4) is 0 Å². The molecule has 9 heteroatoms. The van der Waals surface area contributed by atoms with Gasteiger partial charge in [-0.15, -0.1) is 0 Å². The molecule has 1 aromatic carbocycles. The van der Waals surface area contributed by atoms with E-state index < -0.39 is 59.1 Å². The van der Waals surface area contributed by atoms with Gasteiger partial charge >= 0.3 is 0 Å². The van der Waals surface area contributed by atoms with Gasteiger partial charge in [0.25, 0.3) is 5.91 Å². The van der Waals surface area contributed by atoms with E-state index in [9.17, 15) is 27.6 Å². The lowest BCUT2D eigenvalue weighted by molar-refractivity contribution is -0.138. The number of nitrogens with one attached hydrogen (secondary N) is 1. The molecule has 2 N–H and O–H groups in total. The largest absolute Gasteiger partial charge is 0.503 e. The molecular formula is C12H9F3N2O4. The van der Waals surface area contributed by atoms with E-state index in [4.69, 9.17) is 5.11 Å². The SMILES string of the molecule is CC1C(=O)NC(=O)CN1C(=O)c1cc(F)c(F)c(O)c1F. The topological polar surface area (TPSA) is 86.7 Å². The first-order valence-electron chi connectivity index (χ1n) is 5.75. The van der Waals surface area contributed by atoms with Crippen molar-refractivity contribution in [2.75, 3.05) is 6.54 Å². The Hall–Kier alpha value is -2.58. The van der Waals surface area contributed by atoms with Gasteiger partial charge < -0.3 is 10.0 Å². The molecule has 2 rings (SSSR count). The Bertz CT molecular complexity index is 662. The molecule has 6 nitrogen and oxygen atoms in total. The third kappa shape index (κ3) is 2.41. The highest BCUT2D eigenvalue weighted by Gasteiger charge is 2.36. The fourth-order valence-corrected chi connectivity index (χ4v) is 1.86. The Kier molecular flexibility index (Phi) is 3.58. The first-order valence-corrected chi connectivity index (χ1v) is 5.75. The minimum Gasteiger partial charge on any atom is -0.503 e. The molecule has 21 heavy (non-hydrogen) atoms. The van der Waals surface area contributed by atoms with Crippen LogP contribution in [-0.4, -0.2) is 40.3 Å². The molecule has 1 aromatic rings. The van der Waals surface area contributed by atoms with E-state index >= 15 is 0 Å². The third-order valence-electron chi connectivity index (χ3n) is 3.05. The van der Waals surface area contributed by atoms with E-state index in [2.05, 4.69) is 0 Å². The van der Waals surface area contributed by atoms with Crippen LogP contribution >= 0.6 is 0 Å². The van der Waals surface area contributed by atoms with Crippen molar-refractivity contribution in [2.45, 2.75) is 13.0 Å². The van der Waals surface area contributed by atoms with E-state index in [-0.39, 0.29) is 6.07 Å². The minimum absolute atomic E-state index is 0.260. The van der Waals surface area contributed by atoms with Gasteiger partial charge in [-0.2, -0.15) is 4.39 Å². The molecule has 3 amide bonds. The summed E-state index contributed by atoms with van der Waals surface area (Å²) in [6.45, 7) is 0.724. The second-order valence-electron chi connectivity index (χ2n) is 4.40. The Morgan fingerprint density at radius 3 is 2.57 bits per heavy atom. The highest BCUT2D eigenvalue weighted by Crippen LogP contribution is 2.27. The van der Waals surface area contributed by atoms with Crippen LogP contribution in [0.4, 0.5) is 13.2 Å². The van der Waals surface area contributed by atoms with Gasteiger partial charge in [-0.25, -0.2) is 8.78 Å². The first-order chi connectivity index (χ1) is 9.73. The van der Waals surface area contributed by atoms with Crippen LogP contribution < -0.4 is 5.32 Å². The lowest BCUT2D eigenvalue weighted by Gasteiger charge is -2.31. The average Bonchev–Trinajstić information content (AvgIpc) is 2.43. The molecule has 1 fully saturated rings. The minimum atomic E-state index is -1.83. The molecule has 1 unspecified atom stereocenters. The summed E-state index contributed by atoms with van der Waals surface area (Å²) in [6, 6.07) is -0.846. The quantitative estimate of drug-likeness (QED) is 0.577. The van der Waals surface area contributed by atoms with Crippen LogP contribution in [-0.2, 0) is 9.59 Å². The number of rotatable bonds is 1. The normalized spacial score (nSPS) is 18.7. The zero-order valence-corrected chi connectivity index (χ0v) is 10.6. The van der Waals surface area contributed by atoms with Crippen LogP contribution in [0, 0.1) is 17.5 Å². The van der Waals surface area contributed by atoms with Crippen molar-refractivity contribution in [3.05, 3.63) is 29.1 Å². The molecular weight excluding hydrogens is 293 g/mol. The predicted octanol–water partition coefficient (Wildman–Crippen LogP) is 0.297. The molecule has 0 aliphatic carbocycles. The number of phenols is 1. The van der Waals surface area contributed by atoms with Gasteiger partial charge in [0.2, 0.25) is 17.6 Å². The number of hydrogen-bond acceptors (Lipinski definition) is 4. The Morgan fingerprint density at radius 1 is 1.33 bits per heavy atom. The molecule has 0 radical (unpaired) electrons. The van der Waals surface area contributed by atoms with E-state index in [1.165, 1.54) is 6.92 Å². The fourth-order valence-electron chi connectivity index (χ4n) is 1.86. The van der Waals surface area contributed by atoms with E-state index in [0.717, 1.165) is 0 Å². The number of carbonyl (C=O) groups is 3. The number of piperazine rings is 1. The van der Waals surface area contributed by atoms with Crippen molar-refractivity contribution in [2.24, 2.45) is 0 Å². The number of benzene rings is 1. The number of halogens is 3. The van der Waals surface area contributed by atoms with Crippen molar-refractivity contribution in [1.29, 1.82) is 0 Å². The number of nitrogens with zero attached hydrogens (tertiary/aromatic N) is 1. The van der Waals surface area contributed by atoms with Gasteiger partial charge in [-0.05, 0) is 13.0 Å². The lowest BCUT2D eigenvalue weighted by Crippen LogP contribution is -2.58. The zero-order chi connectivity index (χ0) is 15.9. The second kappa shape index (κ2) is 5.08. The summed E-state index contributed by atoms with van der Waals surface area (Å²) in [6.07, 6.45) is 0. The summed E-state index contributed by atoms with van der Waals surface area (Å²) in [5.74, 6) is -9.55. The maximum Gasteiger partial charge on any atom is 0.258 e. The molecule has 0 spiro atoms. The third-order valence-corrected chi connectivity index (χ3v) is 3.05. The van der Waals surface area contributed by atoms with Gasteiger partial charge in [0.1, 0.15) is 12.6 Å². The monoisotopic (exact) mass is 302 g/mol. The lowest BCUT2D eigenvalue weighted by atomic mass is 10.1. The Labute approximate surface area is 116 Å². The number of carbonyl (C=O) groups excluding carboxylic acids is 3. The number of imide groups is 1. The highest BCUT2D eigenvalue weighted by atomic mass is 19.2. The van der Waals surface area contributed by atoms with E-state index in [0.29, 0.717) is 4.90 Å². The number of amides is 3. The molecule has 112 valence electrons. The average molecular weight is 302 g/mol. The second-order valence-corrected chi connectivity index (χ2v) is 4.40. The predicted molar refractivity (Wildman–Crippen MR) is 61.6 cm³/mol. The summed E-state index contributed by atoms with van der Waals surface area (Å²) in [5.41, 5.74) is -0.972. The summed E-state index contributed by atoms with van der Waals surface area (Å²) >= 11 is 0. The molecule has 1 heterocycles. The molecule has 0 saturated carbocycles. The van der Waals surface area contributed by atoms with Crippen LogP contribution in [0.1, 0.15) is 17.3 Å². The van der Waals surface area contributed by atoms with E-state index in [1.54, 1.807) is 0 Å². The smallest absolute Gasteiger partial charge is 0.258 e. The van der Waals surface area contributed by atoms with Crippen molar-refractivity contribution < 1.29 is 32.7 Å². The van der Waals surface area contributed by atoms with Gasteiger partial charge in [0.15, 0.2) is 17.4 Å². The number of aromatic hydroxyl groups is 1. The Morgan fingerprint density at radius 2 is 1.95 bits per heavy atom. The summed E-state index contributed by atoms with van der Waals surface area (Å²) in [5, 5.41) is 11.0. The van der Waals surface area contributed by atoms with Crippen LogP contribution in [0.2, 0.25) is 0 Å². The molecule has 1 aliphatic rings. The molecule has 0 aromatic heterocycles.